The number of hydrogen-bond donors (Lipinski definition) is 2. The fourth-order valence-electron chi connectivity index (χ4n) is 4.09. The second-order valence-corrected chi connectivity index (χ2v) is 8.97. The summed E-state index contributed by atoms with van der Waals surface area (Å²) in [4.78, 5) is 20.1. The molecule has 2 amide bonds. The van der Waals surface area contributed by atoms with Gasteiger partial charge < -0.3 is 24.8 Å². The maximum absolute atomic E-state index is 13.3. The summed E-state index contributed by atoms with van der Waals surface area (Å²) in [5.41, 5.74) is 3.17. The van der Waals surface area contributed by atoms with Crippen molar-refractivity contribution in [2.75, 3.05) is 38.0 Å². The predicted molar refractivity (Wildman–Crippen MR) is 140 cm³/mol. The molecule has 194 valence electrons. The zero-order valence-electron chi connectivity index (χ0n) is 20.9. The van der Waals surface area contributed by atoms with Crippen LogP contribution in [-0.4, -0.2) is 43.7 Å². The van der Waals surface area contributed by atoms with Gasteiger partial charge in [-0.15, -0.1) is 0 Å². The minimum absolute atomic E-state index is 0.0876. The number of halogens is 3. The first kappa shape index (κ1) is 25.9. The standard InChI is InChI=1S/C28H29F3N4O2/c1-34(2)23-9-7-19(8-10-23)18-35(27(36)33-22-6-4-5-21(15-22)28(29,30)31)14-13-20-17-32-26-12-11-24(37-3)16-25(20)26/h4-12,15-17,32H,13-14,18H2,1-3H3,(H,33,36). The Morgan fingerprint density at radius 2 is 1.78 bits per heavy atom. The molecule has 3 aromatic carbocycles. The number of amides is 2. The number of fused-ring (bicyclic) bond motifs is 1. The molecule has 1 heterocycles. The van der Waals surface area contributed by atoms with E-state index in [0.29, 0.717) is 19.5 Å². The molecule has 4 aromatic rings. The molecule has 0 radical (unpaired) electrons. The first-order valence-electron chi connectivity index (χ1n) is 11.8. The number of aromatic amines is 1. The minimum atomic E-state index is -4.50. The third-order valence-electron chi connectivity index (χ3n) is 6.18. The number of rotatable bonds is 8. The number of carbonyl (C=O) groups is 1. The molecule has 0 saturated carbocycles. The van der Waals surface area contributed by atoms with Crippen LogP contribution in [0.15, 0.2) is 72.9 Å². The molecule has 0 fully saturated rings. The summed E-state index contributed by atoms with van der Waals surface area (Å²) in [5.74, 6) is 0.730. The Hall–Kier alpha value is -4.14. The second-order valence-electron chi connectivity index (χ2n) is 8.97. The molecule has 0 unspecified atom stereocenters. The van der Waals surface area contributed by atoms with Crippen molar-refractivity contribution in [2.24, 2.45) is 0 Å². The summed E-state index contributed by atoms with van der Waals surface area (Å²) in [7, 11) is 5.49. The van der Waals surface area contributed by atoms with E-state index in [1.54, 1.807) is 12.0 Å². The van der Waals surface area contributed by atoms with Gasteiger partial charge in [0.2, 0.25) is 0 Å². The third kappa shape index (κ3) is 6.35. The van der Waals surface area contributed by atoms with Gasteiger partial charge in [-0.3, -0.25) is 0 Å². The second kappa shape index (κ2) is 10.9. The topological polar surface area (TPSA) is 60.6 Å². The molecule has 0 bridgehead atoms. The van der Waals surface area contributed by atoms with Crippen molar-refractivity contribution < 1.29 is 22.7 Å². The van der Waals surface area contributed by atoms with E-state index in [4.69, 9.17) is 4.74 Å². The van der Waals surface area contributed by atoms with Crippen LogP contribution in [0.25, 0.3) is 10.9 Å². The Kier molecular flexibility index (Phi) is 7.61. The molecule has 0 aliphatic carbocycles. The molecule has 9 heteroatoms. The van der Waals surface area contributed by atoms with Gasteiger partial charge >= 0.3 is 12.2 Å². The Bertz CT molecular complexity index is 1360. The van der Waals surface area contributed by atoms with E-state index in [-0.39, 0.29) is 5.69 Å². The normalized spacial score (nSPS) is 11.4. The largest absolute Gasteiger partial charge is 0.497 e. The van der Waals surface area contributed by atoms with Gasteiger partial charge in [0.25, 0.3) is 0 Å². The number of nitrogens with one attached hydrogen (secondary N) is 2. The monoisotopic (exact) mass is 510 g/mol. The molecule has 0 aliphatic rings. The van der Waals surface area contributed by atoms with Crippen molar-refractivity contribution in [2.45, 2.75) is 19.1 Å². The summed E-state index contributed by atoms with van der Waals surface area (Å²) in [6.45, 7) is 0.647. The van der Waals surface area contributed by atoms with Crippen molar-refractivity contribution in [3.8, 4) is 5.75 Å². The molecule has 1 aromatic heterocycles. The molecule has 4 rings (SSSR count). The van der Waals surface area contributed by atoms with Crippen LogP contribution >= 0.6 is 0 Å². The number of methoxy groups -OCH3 is 1. The molecule has 2 N–H and O–H groups in total. The number of H-pyrrole nitrogens is 1. The summed E-state index contributed by atoms with van der Waals surface area (Å²) in [6.07, 6.45) is -2.05. The van der Waals surface area contributed by atoms with Crippen LogP contribution in [0.5, 0.6) is 5.75 Å². The average molecular weight is 511 g/mol. The van der Waals surface area contributed by atoms with Gasteiger partial charge in [0, 0.05) is 55.7 Å². The number of nitrogens with zero attached hydrogens (tertiary/aromatic N) is 2. The minimum Gasteiger partial charge on any atom is -0.497 e. The lowest BCUT2D eigenvalue weighted by Gasteiger charge is -2.24. The molecule has 0 atom stereocenters. The summed E-state index contributed by atoms with van der Waals surface area (Å²) >= 11 is 0. The van der Waals surface area contributed by atoms with E-state index in [2.05, 4.69) is 10.3 Å². The molecule has 6 nitrogen and oxygen atoms in total. The lowest BCUT2D eigenvalue weighted by molar-refractivity contribution is -0.137. The van der Waals surface area contributed by atoms with Crippen LogP contribution in [0.4, 0.5) is 29.3 Å². The Morgan fingerprint density at radius 3 is 2.46 bits per heavy atom. The molecular formula is C28H29F3N4O2. The highest BCUT2D eigenvalue weighted by atomic mass is 19.4. The number of alkyl halides is 3. The van der Waals surface area contributed by atoms with Crippen LogP contribution in [0.2, 0.25) is 0 Å². The van der Waals surface area contributed by atoms with Gasteiger partial charge in [0.15, 0.2) is 0 Å². The number of urea groups is 1. The van der Waals surface area contributed by atoms with Gasteiger partial charge in [0.05, 0.1) is 12.7 Å². The van der Waals surface area contributed by atoms with E-state index in [9.17, 15) is 18.0 Å². The predicted octanol–water partition coefficient (Wildman–Crippen LogP) is 6.54. The maximum atomic E-state index is 13.3. The van der Waals surface area contributed by atoms with Crippen LogP contribution in [-0.2, 0) is 19.1 Å². The number of ether oxygens (including phenoxy) is 1. The van der Waals surface area contributed by atoms with Crippen LogP contribution in [0.1, 0.15) is 16.7 Å². The summed E-state index contributed by atoms with van der Waals surface area (Å²) < 4.78 is 44.8. The molecule has 0 saturated heterocycles. The number of anilines is 2. The van der Waals surface area contributed by atoms with Crippen LogP contribution < -0.4 is 15.0 Å². The summed E-state index contributed by atoms with van der Waals surface area (Å²) in [5, 5.41) is 3.63. The van der Waals surface area contributed by atoms with E-state index < -0.39 is 17.8 Å². The van der Waals surface area contributed by atoms with E-state index in [0.717, 1.165) is 45.6 Å². The fourth-order valence-corrected chi connectivity index (χ4v) is 4.09. The quantitative estimate of drug-likeness (QED) is 0.283. The van der Waals surface area contributed by atoms with Gasteiger partial charge in [-0.25, -0.2) is 4.79 Å². The number of benzene rings is 3. The van der Waals surface area contributed by atoms with Gasteiger partial charge in [-0.05, 0) is 66.1 Å². The fraction of sp³-hybridized carbons (Fsp3) is 0.250. The van der Waals surface area contributed by atoms with Gasteiger partial charge in [-0.2, -0.15) is 13.2 Å². The highest BCUT2D eigenvalue weighted by Crippen LogP contribution is 2.31. The van der Waals surface area contributed by atoms with E-state index in [1.807, 2.05) is 67.7 Å². The zero-order chi connectivity index (χ0) is 26.6. The van der Waals surface area contributed by atoms with Crippen molar-refractivity contribution >= 4 is 28.3 Å². The average Bonchev–Trinajstić information content (AvgIpc) is 3.28. The Labute approximate surface area is 213 Å². The van der Waals surface area contributed by atoms with Gasteiger partial charge in [0.1, 0.15) is 5.75 Å². The van der Waals surface area contributed by atoms with Crippen LogP contribution in [0, 0.1) is 0 Å². The van der Waals surface area contributed by atoms with Crippen LogP contribution in [0.3, 0.4) is 0 Å². The lowest BCUT2D eigenvalue weighted by atomic mass is 10.1. The number of hydrogen-bond acceptors (Lipinski definition) is 3. The molecule has 0 spiro atoms. The van der Waals surface area contributed by atoms with Crippen molar-refractivity contribution in [3.05, 3.63) is 89.6 Å². The molecule has 37 heavy (non-hydrogen) atoms. The molecular weight excluding hydrogens is 481 g/mol. The Morgan fingerprint density at radius 1 is 1.03 bits per heavy atom. The van der Waals surface area contributed by atoms with Gasteiger partial charge in [-0.1, -0.05) is 18.2 Å². The first-order valence-corrected chi connectivity index (χ1v) is 11.8. The van der Waals surface area contributed by atoms with Crippen molar-refractivity contribution in [3.63, 3.8) is 0 Å². The lowest BCUT2D eigenvalue weighted by Crippen LogP contribution is -2.36. The molecule has 0 aliphatic heterocycles. The Balaban J connectivity index is 1.56. The summed E-state index contributed by atoms with van der Waals surface area (Å²) in [6, 6.07) is 17.7. The number of aromatic nitrogens is 1. The van der Waals surface area contributed by atoms with E-state index in [1.165, 1.54) is 12.1 Å². The smallest absolute Gasteiger partial charge is 0.416 e. The first-order chi connectivity index (χ1) is 17.6. The SMILES string of the molecule is COc1ccc2[nH]cc(CCN(Cc3ccc(N(C)C)cc3)C(=O)Nc3cccc(C(F)(F)F)c3)c2c1. The zero-order valence-corrected chi connectivity index (χ0v) is 20.9. The third-order valence-corrected chi connectivity index (χ3v) is 6.18. The highest BCUT2D eigenvalue weighted by molar-refractivity contribution is 5.89. The van der Waals surface area contributed by atoms with Crippen molar-refractivity contribution in [1.29, 1.82) is 0 Å². The van der Waals surface area contributed by atoms with E-state index >= 15 is 0 Å². The highest BCUT2D eigenvalue weighted by Gasteiger charge is 2.30. The number of carbonyl (C=O) groups excluding carboxylic acids is 1. The maximum Gasteiger partial charge on any atom is 0.416 e. The van der Waals surface area contributed by atoms with Crippen molar-refractivity contribution in [1.82, 2.24) is 9.88 Å².